The molecule has 1 aliphatic rings. The molecule has 0 bridgehead atoms. The predicted molar refractivity (Wildman–Crippen MR) is 53.7 cm³/mol. The largest absolute Gasteiger partial charge is 0.534 e. The molecule has 1 rings (SSSR count). The quantitative estimate of drug-likeness (QED) is 0.632. The maximum absolute atomic E-state index is 12.2. The van der Waals surface area contributed by atoms with E-state index >= 15 is 0 Å². The zero-order valence-corrected chi connectivity index (χ0v) is 10.1. The third kappa shape index (κ3) is 2.77. The Labute approximate surface area is 101 Å². The van der Waals surface area contributed by atoms with Crippen LogP contribution in [0.15, 0.2) is 11.3 Å². The van der Waals surface area contributed by atoms with E-state index in [1.807, 2.05) is 0 Å². The number of alkyl halides is 3. The monoisotopic (exact) mass is 288 g/mol. The summed E-state index contributed by atoms with van der Waals surface area (Å²) in [4.78, 5) is 10.8. The van der Waals surface area contributed by atoms with Gasteiger partial charge in [0.2, 0.25) is 0 Å². The third-order valence-electron chi connectivity index (χ3n) is 2.64. The summed E-state index contributed by atoms with van der Waals surface area (Å²) in [6.45, 7) is 1.61. The maximum Gasteiger partial charge on any atom is 0.534 e. The Balaban J connectivity index is 3.13. The van der Waals surface area contributed by atoms with Gasteiger partial charge in [0, 0.05) is 5.92 Å². The molecule has 0 aromatic carbocycles. The van der Waals surface area contributed by atoms with Gasteiger partial charge in [-0.15, -0.1) is 0 Å². The van der Waals surface area contributed by atoms with Gasteiger partial charge in [-0.3, -0.25) is 0 Å². The van der Waals surface area contributed by atoms with Gasteiger partial charge in [0.15, 0.2) is 0 Å². The van der Waals surface area contributed by atoms with Crippen molar-refractivity contribution in [1.29, 1.82) is 0 Å². The fourth-order valence-corrected chi connectivity index (χ4v) is 2.27. The average Bonchev–Trinajstić information content (AvgIpc) is 2.58. The Morgan fingerprint density at radius 3 is 2.44 bits per heavy atom. The van der Waals surface area contributed by atoms with Crippen molar-refractivity contribution in [2.75, 3.05) is 0 Å². The highest BCUT2D eigenvalue weighted by atomic mass is 32.2. The molecule has 9 heteroatoms. The first-order chi connectivity index (χ1) is 8.10. The Morgan fingerprint density at radius 2 is 2.06 bits per heavy atom. The number of carboxylic acid groups (broad SMARTS) is 1. The van der Waals surface area contributed by atoms with Gasteiger partial charge >= 0.3 is 21.6 Å². The number of hydrogen-bond donors (Lipinski definition) is 1. The summed E-state index contributed by atoms with van der Waals surface area (Å²) in [5.74, 6) is -2.67. The van der Waals surface area contributed by atoms with E-state index in [0.29, 0.717) is 6.42 Å². The fourth-order valence-electron chi connectivity index (χ4n) is 1.70. The second-order valence-electron chi connectivity index (χ2n) is 3.78. The van der Waals surface area contributed by atoms with Crippen LogP contribution in [0.25, 0.3) is 0 Å². The molecule has 0 amide bonds. The number of carbonyl (C=O) groups is 1. The van der Waals surface area contributed by atoms with Gasteiger partial charge in [-0.1, -0.05) is 6.92 Å². The summed E-state index contributed by atoms with van der Waals surface area (Å²) in [6, 6.07) is 0. The van der Waals surface area contributed by atoms with Gasteiger partial charge in [-0.2, -0.15) is 21.6 Å². The summed E-state index contributed by atoms with van der Waals surface area (Å²) in [7, 11) is -5.81. The Kier molecular flexibility index (Phi) is 3.94. The highest BCUT2D eigenvalue weighted by molar-refractivity contribution is 7.87. The van der Waals surface area contributed by atoms with E-state index in [4.69, 9.17) is 5.11 Å². The summed E-state index contributed by atoms with van der Waals surface area (Å²) >= 11 is 0. The minimum Gasteiger partial charge on any atom is -0.478 e. The number of allylic oxidation sites excluding steroid dienone is 1. The lowest BCUT2D eigenvalue weighted by Crippen LogP contribution is -2.26. The van der Waals surface area contributed by atoms with Gasteiger partial charge in [-0.05, 0) is 19.3 Å². The lowest BCUT2D eigenvalue weighted by atomic mass is 10.1. The molecule has 0 heterocycles. The highest BCUT2D eigenvalue weighted by Gasteiger charge is 2.50. The average molecular weight is 288 g/mol. The summed E-state index contributed by atoms with van der Waals surface area (Å²) in [5.41, 5.74) is -5.97. The number of carboxylic acids is 1. The molecule has 1 N–H and O–H groups in total. The van der Waals surface area contributed by atoms with E-state index in [-0.39, 0.29) is 12.8 Å². The number of halogens is 3. The molecule has 0 radical (unpaired) electrons. The van der Waals surface area contributed by atoms with E-state index < -0.39 is 38.8 Å². The predicted octanol–water partition coefficient (Wildman–Crippen LogP) is 2.01. The molecule has 0 saturated carbocycles. The Morgan fingerprint density at radius 1 is 1.50 bits per heavy atom. The van der Waals surface area contributed by atoms with Crippen molar-refractivity contribution in [3.8, 4) is 0 Å². The smallest absolute Gasteiger partial charge is 0.478 e. The van der Waals surface area contributed by atoms with Gasteiger partial charge in [-0.25, -0.2) is 4.79 Å². The van der Waals surface area contributed by atoms with Crippen molar-refractivity contribution in [2.24, 2.45) is 5.92 Å². The van der Waals surface area contributed by atoms with Crippen LogP contribution in [-0.4, -0.2) is 25.0 Å². The van der Waals surface area contributed by atoms with Crippen molar-refractivity contribution in [1.82, 2.24) is 0 Å². The van der Waals surface area contributed by atoms with Crippen molar-refractivity contribution in [3.63, 3.8) is 0 Å². The first kappa shape index (κ1) is 14.8. The van der Waals surface area contributed by atoms with Crippen LogP contribution in [0.1, 0.15) is 26.2 Å². The fraction of sp³-hybridized carbons (Fsp3) is 0.667. The maximum atomic E-state index is 12.2. The minimum atomic E-state index is -5.81. The van der Waals surface area contributed by atoms with Crippen LogP contribution in [0, 0.1) is 5.92 Å². The van der Waals surface area contributed by atoms with Crippen LogP contribution in [0.3, 0.4) is 0 Å². The molecule has 1 atom stereocenters. The molecular weight excluding hydrogens is 277 g/mol. The lowest BCUT2D eigenvalue weighted by Gasteiger charge is -2.15. The first-order valence-electron chi connectivity index (χ1n) is 5.07. The highest BCUT2D eigenvalue weighted by Crippen LogP contribution is 2.38. The third-order valence-corrected chi connectivity index (χ3v) is 3.61. The number of aliphatic carboxylic acids is 1. The second-order valence-corrected chi connectivity index (χ2v) is 5.31. The molecule has 0 saturated heterocycles. The first-order valence-corrected chi connectivity index (χ1v) is 6.48. The van der Waals surface area contributed by atoms with Gasteiger partial charge in [0.05, 0.1) is 5.57 Å². The molecule has 104 valence electrons. The van der Waals surface area contributed by atoms with Crippen LogP contribution in [-0.2, 0) is 19.1 Å². The number of hydrogen-bond acceptors (Lipinski definition) is 4. The van der Waals surface area contributed by atoms with Crippen LogP contribution in [0.2, 0.25) is 0 Å². The lowest BCUT2D eigenvalue weighted by molar-refractivity contribution is -0.132. The standard InChI is InChI=1S/C9H11F3O5S/c1-2-5-3-4-6(8(13)14)7(5)17-18(15,16)9(10,11)12/h5H,2-4H2,1H3,(H,13,14). The number of rotatable bonds is 4. The molecule has 0 aromatic heterocycles. The molecule has 0 aromatic rings. The Bertz CT molecular complexity index is 477. The summed E-state index contributed by atoms with van der Waals surface area (Å²) in [5, 5.41) is 8.78. The summed E-state index contributed by atoms with van der Waals surface area (Å²) in [6.07, 6.45) is 0.566. The minimum absolute atomic E-state index is 0.00342. The van der Waals surface area contributed by atoms with Crippen molar-refractivity contribution in [3.05, 3.63) is 11.3 Å². The van der Waals surface area contributed by atoms with E-state index in [0.717, 1.165) is 0 Å². The molecule has 1 unspecified atom stereocenters. The topological polar surface area (TPSA) is 80.7 Å². The van der Waals surface area contributed by atoms with Crippen LogP contribution < -0.4 is 0 Å². The molecule has 5 nitrogen and oxygen atoms in total. The van der Waals surface area contributed by atoms with E-state index in [2.05, 4.69) is 4.18 Å². The zero-order chi connectivity index (χ0) is 14.1. The SMILES string of the molecule is CCC1CCC(C(=O)O)=C1OS(=O)(=O)C(F)(F)F. The van der Waals surface area contributed by atoms with Crippen molar-refractivity contribution in [2.45, 2.75) is 31.7 Å². The second kappa shape index (κ2) is 4.79. The van der Waals surface area contributed by atoms with Crippen LogP contribution in [0.5, 0.6) is 0 Å². The van der Waals surface area contributed by atoms with Crippen molar-refractivity contribution < 1.29 is 35.7 Å². The molecule has 18 heavy (non-hydrogen) atoms. The normalized spacial score (nSPS) is 21.2. The van der Waals surface area contributed by atoms with E-state index in [1.165, 1.54) is 0 Å². The van der Waals surface area contributed by atoms with Crippen LogP contribution >= 0.6 is 0 Å². The van der Waals surface area contributed by atoms with E-state index in [9.17, 15) is 26.4 Å². The Hall–Kier alpha value is -1.25. The molecular formula is C9H11F3O5S. The molecule has 0 aliphatic heterocycles. The van der Waals surface area contributed by atoms with Gasteiger partial charge in [0.1, 0.15) is 5.76 Å². The van der Waals surface area contributed by atoms with Crippen LogP contribution in [0.4, 0.5) is 13.2 Å². The van der Waals surface area contributed by atoms with Crippen molar-refractivity contribution >= 4 is 16.1 Å². The zero-order valence-electron chi connectivity index (χ0n) is 9.32. The summed E-state index contributed by atoms with van der Waals surface area (Å²) < 4.78 is 62.2. The molecule has 0 spiro atoms. The van der Waals surface area contributed by atoms with E-state index in [1.54, 1.807) is 6.92 Å². The van der Waals surface area contributed by atoms with Gasteiger partial charge in [0.25, 0.3) is 0 Å². The molecule has 0 fully saturated rings. The van der Waals surface area contributed by atoms with Gasteiger partial charge < -0.3 is 9.29 Å². The molecule has 1 aliphatic carbocycles.